The number of carbonyl (C=O) groups is 1. The first kappa shape index (κ1) is 15.2. The van der Waals surface area contributed by atoms with E-state index in [1.54, 1.807) is 24.3 Å². The number of carbonyl (C=O) groups excluding carboxylic acids is 1. The Morgan fingerprint density at radius 1 is 1.19 bits per heavy atom. The molecule has 0 spiro atoms. The maximum absolute atomic E-state index is 13.0. The van der Waals surface area contributed by atoms with Gasteiger partial charge in [-0.3, -0.25) is 9.00 Å². The highest BCUT2D eigenvalue weighted by Gasteiger charge is 2.12. The molecule has 0 aromatic heterocycles. The lowest BCUT2D eigenvalue weighted by atomic mass is 10.2. The maximum Gasteiger partial charge on any atom is 0.255 e. The van der Waals surface area contributed by atoms with Crippen molar-refractivity contribution < 1.29 is 18.5 Å². The van der Waals surface area contributed by atoms with E-state index in [9.17, 15) is 18.5 Å². The normalized spacial score (nSPS) is 11.9. The fourth-order valence-electron chi connectivity index (χ4n) is 1.73. The van der Waals surface area contributed by atoms with Crippen LogP contribution in [0, 0.1) is 5.82 Å². The molecule has 0 unspecified atom stereocenters. The molecule has 0 radical (unpaired) electrons. The minimum atomic E-state index is -1.22. The van der Waals surface area contributed by atoms with Crippen LogP contribution in [0.15, 0.2) is 53.4 Å². The van der Waals surface area contributed by atoms with Gasteiger partial charge in [0.05, 0.1) is 16.4 Å². The van der Waals surface area contributed by atoms with Gasteiger partial charge in [0.1, 0.15) is 11.6 Å². The second kappa shape index (κ2) is 6.99. The molecule has 6 heteroatoms. The van der Waals surface area contributed by atoms with Crippen LogP contribution in [0.25, 0.3) is 0 Å². The Labute approximate surface area is 124 Å². The summed E-state index contributed by atoms with van der Waals surface area (Å²) in [6.07, 6.45) is 0. The van der Waals surface area contributed by atoms with E-state index in [0.717, 1.165) is 18.2 Å². The zero-order chi connectivity index (χ0) is 15.2. The molecular formula is C15H14FNO3S. The molecule has 4 nitrogen and oxygen atoms in total. The van der Waals surface area contributed by atoms with Crippen LogP contribution in [-0.4, -0.2) is 27.5 Å². The van der Waals surface area contributed by atoms with Crippen molar-refractivity contribution in [1.82, 2.24) is 5.32 Å². The predicted molar refractivity (Wildman–Crippen MR) is 78.1 cm³/mol. The Kier molecular flexibility index (Phi) is 5.05. The van der Waals surface area contributed by atoms with Gasteiger partial charge in [-0.15, -0.1) is 0 Å². The maximum atomic E-state index is 13.0. The van der Waals surface area contributed by atoms with Gasteiger partial charge in [0.15, 0.2) is 0 Å². The van der Waals surface area contributed by atoms with Gasteiger partial charge in [-0.2, -0.15) is 0 Å². The monoisotopic (exact) mass is 307 g/mol. The first-order valence-corrected chi connectivity index (χ1v) is 7.60. The summed E-state index contributed by atoms with van der Waals surface area (Å²) in [6.45, 7) is 0.163. The summed E-state index contributed by atoms with van der Waals surface area (Å²) in [5.41, 5.74) is -0.138. The number of amides is 1. The standard InChI is InChI=1S/C15H14FNO3S/c16-11-6-7-14(18)13(10-11)15(19)17-8-9-21(20)12-4-2-1-3-5-12/h1-7,10,18H,8-9H2,(H,17,19)/t21-/m1/s1. The summed E-state index contributed by atoms with van der Waals surface area (Å²) >= 11 is 0. The molecule has 0 saturated carbocycles. The topological polar surface area (TPSA) is 66.4 Å². The number of benzene rings is 2. The van der Waals surface area contributed by atoms with Gasteiger partial charge in [0, 0.05) is 17.2 Å². The van der Waals surface area contributed by atoms with E-state index >= 15 is 0 Å². The van der Waals surface area contributed by atoms with Crippen LogP contribution < -0.4 is 5.32 Å². The molecule has 0 fully saturated rings. The molecule has 2 aromatic carbocycles. The first-order chi connectivity index (χ1) is 10.1. The highest BCUT2D eigenvalue weighted by atomic mass is 32.2. The number of aromatic hydroxyl groups is 1. The Bertz CT molecular complexity index is 661. The molecule has 0 heterocycles. The molecule has 110 valence electrons. The molecule has 0 bridgehead atoms. The molecular weight excluding hydrogens is 293 g/mol. The molecule has 21 heavy (non-hydrogen) atoms. The van der Waals surface area contributed by atoms with Crippen LogP contribution in [0.4, 0.5) is 4.39 Å². The number of hydrogen-bond acceptors (Lipinski definition) is 3. The molecule has 1 atom stereocenters. The summed E-state index contributed by atoms with van der Waals surface area (Å²) in [5.74, 6) is -1.26. The molecule has 2 N–H and O–H groups in total. The molecule has 1 amide bonds. The van der Waals surface area contributed by atoms with Crippen molar-refractivity contribution in [3.63, 3.8) is 0 Å². The Hall–Kier alpha value is -2.21. The minimum Gasteiger partial charge on any atom is -0.507 e. The summed E-state index contributed by atoms with van der Waals surface area (Å²) in [4.78, 5) is 12.5. The van der Waals surface area contributed by atoms with E-state index in [1.807, 2.05) is 6.07 Å². The van der Waals surface area contributed by atoms with Crippen molar-refractivity contribution in [2.45, 2.75) is 4.90 Å². The van der Waals surface area contributed by atoms with Crippen LogP contribution >= 0.6 is 0 Å². The van der Waals surface area contributed by atoms with Crippen LogP contribution in [-0.2, 0) is 10.8 Å². The second-order valence-electron chi connectivity index (χ2n) is 4.28. The molecule has 0 aliphatic carbocycles. The molecule has 0 saturated heterocycles. The Morgan fingerprint density at radius 2 is 1.90 bits per heavy atom. The van der Waals surface area contributed by atoms with Crippen LogP contribution in [0.2, 0.25) is 0 Å². The summed E-state index contributed by atoms with van der Waals surface area (Å²) in [7, 11) is -1.22. The number of hydrogen-bond donors (Lipinski definition) is 2. The SMILES string of the molecule is O=C(NCC[S@@](=O)c1ccccc1)c1cc(F)ccc1O. The summed E-state index contributed by atoms with van der Waals surface area (Å²) in [6, 6.07) is 12.0. The molecule has 0 aliphatic rings. The van der Waals surface area contributed by atoms with Crippen molar-refractivity contribution >= 4 is 16.7 Å². The lowest BCUT2D eigenvalue weighted by Crippen LogP contribution is -2.27. The van der Waals surface area contributed by atoms with Gasteiger partial charge in [0.2, 0.25) is 0 Å². The minimum absolute atomic E-state index is 0.138. The van der Waals surface area contributed by atoms with E-state index in [1.165, 1.54) is 0 Å². The van der Waals surface area contributed by atoms with Crippen molar-refractivity contribution in [2.24, 2.45) is 0 Å². The van der Waals surface area contributed by atoms with Crippen LogP contribution in [0.1, 0.15) is 10.4 Å². The average molecular weight is 307 g/mol. The molecule has 2 rings (SSSR count). The quantitative estimate of drug-likeness (QED) is 0.888. The highest BCUT2D eigenvalue weighted by Crippen LogP contribution is 2.17. The fraction of sp³-hybridized carbons (Fsp3) is 0.133. The van der Waals surface area contributed by atoms with Gasteiger partial charge < -0.3 is 10.4 Å². The Morgan fingerprint density at radius 3 is 2.62 bits per heavy atom. The molecule has 0 aliphatic heterocycles. The van der Waals surface area contributed by atoms with Crippen molar-refractivity contribution in [3.05, 3.63) is 59.9 Å². The smallest absolute Gasteiger partial charge is 0.255 e. The highest BCUT2D eigenvalue weighted by molar-refractivity contribution is 7.85. The third-order valence-electron chi connectivity index (χ3n) is 2.78. The summed E-state index contributed by atoms with van der Waals surface area (Å²) < 4.78 is 25.0. The first-order valence-electron chi connectivity index (χ1n) is 6.28. The zero-order valence-corrected chi connectivity index (χ0v) is 11.9. The van der Waals surface area contributed by atoms with Crippen LogP contribution in [0.5, 0.6) is 5.75 Å². The van der Waals surface area contributed by atoms with Crippen molar-refractivity contribution in [1.29, 1.82) is 0 Å². The van der Waals surface area contributed by atoms with E-state index in [2.05, 4.69) is 5.32 Å². The van der Waals surface area contributed by atoms with Gasteiger partial charge in [0.25, 0.3) is 5.91 Å². The van der Waals surface area contributed by atoms with Gasteiger partial charge in [-0.25, -0.2) is 4.39 Å². The number of halogens is 1. The van der Waals surface area contributed by atoms with E-state index < -0.39 is 22.5 Å². The van der Waals surface area contributed by atoms with Gasteiger partial charge in [-0.05, 0) is 30.3 Å². The van der Waals surface area contributed by atoms with E-state index in [0.29, 0.717) is 4.90 Å². The van der Waals surface area contributed by atoms with Crippen LogP contribution in [0.3, 0.4) is 0 Å². The van der Waals surface area contributed by atoms with E-state index in [-0.39, 0.29) is 23.6 Å². The van der Waals surface area contributed by atoms with Gasteiger partial charge >= 0.3 is 0 Å². The zero-order valence-electron chi connectivity index (χ0n) is 11.1. The lowest BCUT2D eigenvalue weighted by molar-refractivity contribution is 0.0953. The van der Waals surface area contributed by atoms with Crippen molar-refractivity contribution in [2.75, 3.05) is 12.3 Å². The largest absolute Gasteiger partial charge is 0.507 e. The van der Waals surface area contributed by atoms with E-state index in [4.69, 9.17) is 0 Å². The number of rotatable bonds is 5. The molecule has 2 aromatic rings. The number of phenolic OH excluding ortho intramolecular Hbond substituents is 1. The van der Waals surface area contributed by atoms with Gasteiger partial charge in [-0.1, -0.05) is 18.2 Å². The number of nitrogens with one attached hydrogen (secondary N) is 1. The predicted octanol–water partition coefficient (Wildman–Crippen LogP) is 2.07. The fourth-order valence-corrected chi connectivity index (χ4v) is 2.72. The Balaban J connectivity index is 1.90. The third-order valence-corrected chi connectivity index (χ3v) is 4.16. The van der Waals surface area contributed by atoms with Crippen molar-refractivity contribution in [3.8, 4) is 5.75 Å². The average Bonchev–Trinajstić information content (AvgIpc) is 2.50. The third kappa shape index (κ3) is 4.13. The lowest BCUT2D eigenvalue weighted by Gasteiger charge is -2.07. The summed E-state index contributed by atoms with van der Waals surface area (Å²) in [5, 5.41) is 12.0. The second-order valence-corrected chi connectivity index (χ2v) is 5.85. The number of phenols is 1.